The number of hydrogen-bond donors (Lipinski definition) is 5. The molecule has 0 aliphatic carbocycles. The van der Waals surface area contributed by atoms with Crippen molar-refractivity contribution in [3.63, 3.8) is 0 Å². The number of nitrogens with two attached hydrogens (primary N) is 1. The second-order valence-corrected chi connectivity index (χ2v) is 8.17. The number of ketones is 1. The average molecular weight is 493 g/mol. The SMILES string of the molecule is COc1ccc(O)c(C(=O)c2ccc(C(=O)N[C@@H]3CNC[C@H]3NC(=O)c3ccnc(N)c3)cc2)c1F. The number of aromatic nitrogens is 1. The second-order valence-electron chi connectivity index (χ2n) is 8.17. The second kappa shape index (κ2) is 10.4. The van der Waals surface area contributed by atoms with E-state index in [9.17, 15) is 23.9 Å². The summed E-state index contributed by atoms with van der Waals surface area (Å²) in [5.74, 6) is -2.94. The van der Waals surface area contributed by atoms with Gasteiger partial charge in [-0.1, -0.05) is 12.1 Å². The smallest absolute Gasteiger partial charge is 0.251 e. The largest absolute Gasteiger partial charge is 0.507 e. The van der Waals surface area contributed by atoms with Crippen LogP contribution in [0.2, 0.25) is 0 Å². The van der Waals surface area contributed by atoms with Crippen molar-refractivity contribution in [2.24, 2.45) is 0 Å². The van der Waals surface area contributed by atoms with E-state index < -0.39 is 28.8 Å². The van der Waals surface area contributed by atoms with Gasteiger partial charge in [0, 0.05) is 36.0 Å². The Hall–Kier alpha value is -4.51. The van der Waals surface area contributed by atoms with Gasteiger partial charge in [0.25, 0.3) is 11.8 Å². The molecular weight excluding hydrogens is 469 g/mol. The van der Waals surface area contributed by atoms with Crippen molar-refractivity contribution in [2.75, 3.05) is 25.9 Å². The molecule has 11 heteroatoms. The molecule has 2 aromatic carbocycles. The number of aromatic hydroxyl groups is 1. The van der Waals surface area contributed by atoms with Gasteiger partial charge >= 0.3 is 0 Å². The number of phenolic OH excluding ortho intramolecular Hbond substituents is 1. The number of phenols is 1. The Bertz CT molecular complexity index is 1310. The normalized spacial score (nSPS) is 16.8. The lowest BCUT2D eigenvalue weighted by atomic mass is 10.00. The molecule has 2 amide bonds. The number of carbonyl (C=O) groups excluding carboxylic acids is 3. The Labute approximate surface area is 205 Å². The van der Waals surface area contributed by atoms with Gasteiger partial charge in [-0.05, 0) is 36.4 Å². The summed E-state index contributed by atoms with van der Waals surface area (Å²) in [6.07, 6.45) is 1.44. The molecule has 1 fully saturated rings. The summed E-state index contributed by atoms with van der Waals surface area (Å²) < 4.78 is 19.4. The molecular formula is C25H24FN5O5. The van der Waals surface area contributed by atoms with Crippen molar-refractivity contribution in [3.8, 4) is 11.5 Å². The minimum atomic E-state index is -0.972. The fraction of sp³-hybridized carbons (Fsp3) is 0.200. The quantitative estimate of drug-likeness (QED) is 0.308. The number of halogens is 1. The van der Waals surface area contributed by atoms with Crippen molar-refractivity contribution in [2.45, 2.75) is 12.1 Å². The first-order valence-electron chi connectivity index (χ1n) is 11.0. The molecule has 10 nitrogen and oxygen atoms in total. The number of hydrogen-bond acceptors (Lipinski definition) is 8. The van der Waals surface area contributed by atoms with Crippen LogP contribution in [0.3, 0.4) is 0 Å². The standard InChI is InChI=1S/C25H24FN5O5/c1-36-19-7-6-18(32)21(22(19)26)23(33)13-2-4-14(5-3-13)24(34)30-16-11-28-12-17(16)31-25(35)15-8-9-29-20(27)10-15/h2-10,16-17,28,32H,11-12H2,1H3,(H2,27,29)(H,30,34)(H,31,35)/t16-,17-/m1/s1. The molecule has 1 aliphatic heterocycles. The van der Waals surface area contributed by atoms with Gasteiger partial charge in [-0.25, -0.2) is 9.37 Å². The van der Waals surface area contributed by atoms with Crippen LogP contribution in [0.1, 0.15) is 36.6 Å². The molecule has 36 heavy (non-hydrogen) atoms. The monoisotopic (exact) mass is 493 g/mol. The van der Waals surface area contributed by atoms with Crippen molar-refractivity contribution >= 4 is 23.4 Å². The van der Waals surface area contributed by atoms with E-state index in [1.165, 1.54) is 55.8 Å². The van der Waals surface area contributed by atoms with E-state index in [1.54, 1.807) is 6.07 Å². The topological polar surface area (TPSA) is 156 Å². The van der Waals surface area contributed by atoms with Crippen molar-refractivity contribution in [1.82, 2.24) is 20.9 Å². The number of nitrogens with one attached hydrogen (secondary N) is 3. The van der Waals surface area contributed by atoms with Crippen LogP contribution in [0.5, 0.6) is 11.5 Å². The molecule has 3 aromatic rings. The first kappa shape index (κ1) is 24.6. The number of nitrogen functional groups attached to an aromatic ring is 1. The zero-order valence-electron chi connectivity index (χ0n) is 19.2. The molecule has 2 atom stereocenters. The highest BCUT2D eigenvalue weighted by molar-refractivity contribution is 6.11. The summed E-state index contributed by atoms with van der Waals surface area (Å²) in [7, 11) is 1.25. The Morgan fingerprint density at radius 3 is 2.22 bits per heavy atom. The molecule has 1 aromatic heterocycles. The van der Waals surface area contributed by atoms with E-state index in [0.29, 0.717) is 18.7 Å². The Kier molecular flexibility index (Phi) is 7.11. The third kappa shape index (κ3) is 5.10. The lowest BCUT2D eigenvalue weighted by Crippen LogP contribution is -2.51. The van der Waals surface area contributed by atoms with Crippen LogP contribution in [0, 0.1) is 5.82 Å². The molecule has 0 spiro atoms. The molecule has 0 unspecified atom stereocenters. The van der Waals surface area contributed by atoms with Gasteiger partial charge < -0.3 is 31.5 Å². The first-order valence-corrected chi connectivity index (χ1v) is 11.0. The van der Waals surface area contributed by atoms with Crippen molar-refractivity contribution in [1.29, 1.82) is 0 Å². The number of carbonyl (C=O) groups is 3. The number of ether oxygens (including phenoxy) is 1. The number of pyridine rings is 1. The van der Waals surface area contributed by atoms with Gasteiger partial charge in [-0.3, -0.25) is 14.4 Å². The highest BCUT2D eigenvalue weighted by Gasteiger charge is 2.30. The lowest BCUT2D eigenvalue weighted by Gasteiger charge is -2.21. The molecule has 0 radical (unpaired) electrons. The third-order valence-corrected chi connectivity index (χ3v) is 5.83. The maximum absolute atomic E-state index is 14.5. The molecule has 0 saturated carbocycles. The van der Waals surface area contributed by atoms with E-state index >= 15 is 0 Å². The highest BCUT2D eigenvalue weighted by atomic mass is 19.1. The molecule has 0 bridgehead atoms. The molecule has 1 aliphatic rings. The van der Waals surface area contributed by atoms with E-state index in [1.807, 2.05) is 0 Å². The van der Waals surface area contributed by atoms with Gasteiger partial charge in [0.1, 0.15) is 17.1 Å². The molecule has 1 saturated heterocycles. The summed E-state index contributed by atoms with van der Waals surface area (Å²) in [4.78, 5) is 42.0. The Balaban J connectivity index is 1.43. The van der Waals surface area contributed by atoms with E-state index in [2.05, 4.69) is 20.9 Å². The van der Waals surface area contributed by atoms with E-state index in [-0.39, 0.29) is 40.7 Å². The minimum Gasteiger partial charge on any atom is -0.507 e. The number of amides is 2. The van der Waals surface area contributed by atoms with Gasteiger partial charge in [-0.15, -0.1) is 0 Å². The molecule has 4 rings (SSSR count). The predicted molar refractivity (Wildman–Crippen MR) is 129 cm³/mol. The van der Waals surface area contributed by atoms with Gasteiger partial charge in [0.15, 0.2) is 17.3 Å². The third-order valence-electron chi connectivity index (χ3n) is 5.83. The minimum absolute atomic E-state index is 0.0818. The summed E-state index contributed by atoms with van der Waals surface area (Å²) in [6.45, 7) is 0.903. The Morgan fingerprint density at radius 1 is 1.00 bits per heavy atom. The summed E-state index contributed by atoms with van der Waals surface area (Å²) in [6, 6.07) is 10.2. The fourth-order valence-electron chi connectivity index (χ4n) is 3.91. The van der Waals surface area contributed by atoms with E-state index in [4.69, 9.17) is 10.5 Å². The zero-order chi connectivity index (χ0) is 25.8. The summed E-state index contributed by atoms with van der Waals surface area (Å²) in [5, 5.41) is 18.9. The van der Waals surface area contributed by atoms with Crippen LogP contribution in [-0.4, -0.2) is 60.0 Å². The van der Waals surface area contributed by atoms with Crippen molar-refractivity contribution in [3.05, 3.63) is 82.8 Å². The Morgan fingerprint density at radius 2 is 1.61 bits per heavy atom. The van der Waals surface area contributed by atoms with Crippen molar-refractivity contribution < 1.29 is 28.6 Å². The van der Waals surface area contributed by atoms with Crippen LogP contribution in [0.4, 0.5) is 10.2 Å². The van der Waals surface area contributed by atoms with Gasteiger partial charge in [0.2, 0.25) is 0 Å². The fourth-order valence-corrected chi connectivity index (χ4v) is 3.91. The maximum atomic E-state index is 14.5. The van der Waals surface area contributed by atoms with Gasteiger partial charge in [-0.2, -0.15) is 0 Å². The van der Waals surface area contributed by atoms with Crippen LogP contribution in [0.25, 0.3) is 0 Å². The molecule has 2 heterocycles. The zero-order valence-corrected chi connectivity index (χ0v) is 19.2. The number of anilines is 1. The number of nitrogens with zero attached hydrogens (tertiary/aromatic N) is 1. The predicted octanol–water partition coefficient (Wildman–Crippen LogP) is 1.25. The number of benzene rings is 2. The molecule has 6 N–H and O–H groups in total. The number of methoxy groups -OCH3 is 1. The van der Waals surface area contributed by atoms with E-state index in [0.717, 1.165) is 0 Å². The van der Waals surface area contributed by atoms with Crippen LogP contribution >= 0.6 is 0 Å². The van der Waals surface area contributed by atoms with Crippen LogP contribution in [0.15, 0.2) is 54.7 Å². The number of rotatable bonds is 7. The summed E-state index contributed by atoms with van der Waals surface area (Å²) in [5.41, 5.74) is 5.82. The summed E-state index contributed by atoms with van der Waals surface area (Å²) >= 11 is 0. The first-order chi connectivity index (χ1) is 17.3. The van der Waals surface area contributed by atoms with Crippen LogP contribution in [-0.2, 0) is 0 Å². The average Bonchev–Trinajstić information content (AvgIpc) is 3.30. The lowest BCUT2D eigenvalue weighted by molar-refractivity contribution is 0.0896. The maximum Gasteiger partial charge on any atom is 0.251 e. The molecule has 186 valence electrons. The van der Waals surface area contributed by atoms with Gasteiger partial charge in [0.05, 0.1) is 19.2 Å². The van der Waals surface area contributed by atoms with Crippen LogP contribution < -0.4 is 26.4 Å². The highest BCUT2D eigenvalue weighted by Crippen LogP contribution is 2.30.